The third-order valence-corrected chi connectivity index (χ3v) is 8.35. The Morgan fingerprint density at radius 1 is 1.10 bits per heavy atom. The van der Waals surface area contributed by atoms with E-state index in [1.54, 1.807) is 28.4 Å². The highest BCUT2D eigenvalue weighted by Crippen LogP contribution is 2.36. The van der Waals surface area contributed by atoms with Crippen LogP contribution in [-0.4, -0.2) is 53.0 Å². The van der Waals surface area contributed by atoms with Crippen LogP contribution in [0.25, 0.3) is 33.1 Å². The molecule has 212 valence electrons. The number of hydrogen-bond donors (Lipinski definition) is 1. The summed E-state index contributed by atoms with van der Waals surface area (Å²) in [6.45, 7) is 7.07. The van der Waals surface area contributed by atoms with Crippen molar-refractivity contribution in [2.45, 2.75) is 45.7 Å². The van der Waals surface area contributed by atoms with Gasteiger partial charge in [-0.1, -0.05) is 17.7 Å². The van der Waals surface area contributed by atoms with Crippen LogP contribution in [0.1, 0.15) is 49.9 Å². The van der Waals surface area contributed by atoms with Gasteiger partial charge in [0, 0.05) is 68.1 Å². The number of piperidine rings is 1. The number of halogens is 1. The Morgan fingerprint density at radius 2 is 1.85 bits per heavy atom. The Labute approximate surface area is 242 Å². The van der Waals surface area contributed by atoms with Gasteiger partial charge in [0.1, 0.15) is 10.8 Å². The minimum Gasteiger partial charge on any atom is -0.377 e. The number of nitrogens with zero attached hydrogens (tertiary/aromatic N) is 7. The Kier molecular flexibility index (Phi) is 6.81. The molecule has 5 aromatic rings. The summed E-state index contributed by atoms with van der Waals surface area (Å²) < 4.78 is 5.43. The molecule has 0 bridgehead atoms. The minimum atomic E-state index is -0.173. The molecule has 1 N–H and O–H groups in total. The highest BCUT2D eigenvalue weighted by atomic mass is 35.5. The van der Waals surface area contributed by atoms with Crippen LogP contribution in [0.4, 0.5) is 5.69 Å². The number of rotatable bonds is 5. The molecule has 0 saturated carbocycles. The number of aryl methyl sites for hydroxylation is 3. The number of anilines is 1. The van der Waals surface area contributed by atoms with Crippen molar-refractivity contribution in [1.82, 2.24) is 34.0 Å². The van der Waals surface area contributed by atoms with E-state index in [1.165, 1.54) is 0 Å². The molecule has 4 aromatic heterocycles. The number of aromatic nitrogens is 6. The third-order valence-electron chi connectivity index (χ3n) is 8.14. The number of amides is 1. The molecule has 5 heterocycles. The second-order valence-electron chi connectivity index (χ2n) is 11.0. The lowest BCUT2D eigenvalue weighted by Gasteiger charge is -2.31. The smallest absolute Gasteiger partial charge is 0.259 e. The predicted molar refractivity (Wildman–Crippen MR) is 161 cm³/mol. The molecule has 0 radical (unpaired) electrons. The monoisotopic (exact) mass is 572 g/mol. The van der Waals surface area contributed by atoms with E-state index in [0.717, 1.165) is 51.6 Å². The molecule has 41 heavy (non-hydrogen) atoms. The standard InChI is InChI=1S/C30H33ClN8O2/c1-17-12-22(18(2)34-25-6-7-26(31)35-28(25)20-14-32-36(4)16-20)27-23(13-17)30(41)37(5)29-24(27)15-33-39(29)21-8-10-38(11-9-21)19(3)40/h6-7,12-16,18,21,34H,8-11H2,1-5H3. The van der Waals surface area contributed by atoms with Gasteiger partial charge < -0.3 is 10.2 Å². The summed E-state index contributed by atoms with van der Waals surface area (Å²) >= 11 is 6.28. The molecular weight excluding hydrogens is 540 g/mol. The quantitative estimate of drug-likeness (QED) is 0.297. The minimum absolute atomic E-state index is 0.0585. The van der Waals surface area contributed by atoms with E-state index >= 15 is 0 Å². The summed E-state index contributed by atoms with van der Waals surface area (Å²) in [4.78, 5) is 32.1. The molecular formula is C30H33ClN8O2. The van der Waals surface area contributed by atoms with Gasteiger partial charge >= 0.3 is 0 Å². The van der Waals surface area contributed by atoms with E-state index in [0.29, 0.717) is 29.3 Å². The first-order valence-corrected chi connectivity index (χ1v) is 14.2. The molecule has 1 aromatic carbocycles. The van der Waals surface area contributed by atoms with Crippen molar-refractivity contribution in [2.75, 3.05) is 18.4 Å². The van der Waals surface area contributed by atoms with Crippen molar-refractivity contribution in [1.29, 1.82) is 0 Å². The molecule has 1 atom stereocenters. The van der Waals surface area contributed by atoms with E-state index in [4.69, 9.17) is 16.7 Å². The largest absolute Gasteiger partial charge is 0.377 e. The Morgan fingerprint density at radius 3 is 2.54 bits per heavy atom. The lowest BCUT2D eigenvalue weighted by atomic mass is 9.95. The molecule has 10 nitrogen and oxygen atoms in total. The number of nitrogens with one attached hydrogen (secondary N) is 1. The van der Waals surface area contributed by atoms with Gasteiger partial charge in [-0.3, -0.25) is 18.8 Å². The van der Waals surface area contributed by atoms with Crippen LogP contribution < -0.4 is 10.9 Å². The number of pyridine rings is 2. The summed E-state index contributed by atoms with van der Waals surface area (Å²) in [6.07, 6.45) is 7.13. The van der Waals surface area contributed by atoms with Crippen LogP contribution in [0.15, 0.2) is 47.7 Å². The van der Waals surface area contributed by atoms with E-state index in [9.17, 15) is 9.59 Å². The molecule has 1 unspecified atom stereocenters. The fourth-order valence-electron chi connectivity index (χ4n) is 6.09. The highest BCUT2D eigenvalue weighted by molar-refractivity contribution is 6.29. The molecule has 1 fully saturated rings. The molecule has 0 spiro atoms. The fraction of sp³-hybridized carbons (Fsp3) is 0.367. The Balaban J connectivity index is 1.46. The molecule has 1 aliphatic heterocycles. The zero-order valence-electron chi connectivity index (χ0n) is 23.8. The normalized spacial score (nSPS) is 15.1. The zero-order valence-corrected chi connectivity index (χ0v) is 24.6. The van der Waals surface area contributed by atoms with Gasteiger partial charge in [0.25, 0.3) is 5.56 Å². The van der Waals surface area contributed by atoms with Crippen molar-refractivity contribution < 1.29 is 4.79 Å². The maximum atomic E-state index is 13.8. The lowest BCUT2D eigenvalue weighted by molar-refractivity contribution is -0.130. The van der Waals surface area contributed by atoms with E-state index in [1.807, 2.05) is 55.1 Å². The first kappa shape index (κ1) is 27.0. The van der Waals surface area contributed by atoms with Crippen molar-refractivity contribution in [3.8, 4) is 11.3 Å². The number of benzene rings is 1. The molecule has 1 aliphatic rings. The fourth-order valence-corrected chi connectivity index (χ4v) is 6.23. The van der Waals surface area contributed by atoms with Gasteiger partial charge in [0.2, 0.25) is 5.91 Å². The van der Waals surface area contributed by atoms with Gasteiger partial charge in [-0.2, -0.15) is 10.2 Å². The molecule has 11 heteroatoms. The first-order valence-electron chi connectivity index (χ1n) is 13.8. The third kappa shape index (κ3) is 4.76. The van der Waals surface area contributed by atoms with E-state index < -0.39 is 0 Å². The summed E-state index contributed by atoms with van der Waals surface area (Å²) in [5, 5.41) is 15.6. The lowest BCUT2D eigenvalue weighted by Crippen LogP contribution is -2.38. The van der Waals surface area contributed by atoms with Gasteiger partial charge in [-0.05, 0) is 56.0 Å². The topological polar surface area (TPSA) is 103 Å². The average Bonchev–Trinajstić information content (AvgIpc) is 3.59. The summed E-state index contributed by atoms with van der Waals surface area (Å²) in [5.74, 6) is 0.0937. The van der Waals surface area contributed by atoms with Gasteiger partial charge in [0.15, 0.2) is 0 Å². The number of fused-ring (bicyclic) bond motifs is 3. The maximum absolute atomic E-state index is 13.8. The van der Waals surface area contributed by atoms with Crippen LogP contribution in [-0.2, 0) is 18.9 Å². The summed E-state index contributed by atoms with van der Waals surface area (Å²) in [6, 6.07) is 7.72. The Bertz CT molecular complexity index is 1860. The van der Waals surface area contributed by atoms with Crippen LogP contribution in [0, 0.1) is 6.92 Å². The van der Waals surface area contributed by atoms with Crippen LogP contribution in [0.2, 0.25) is 5.15 Å². The summed E-state index contributed by atoms with van der Waals surface area (Å²) in [5.41, 5.74) is 5.12. The second-order valence-corrected chi connectivity index (χ2v) is 11.4. The van der Waals surface area contributed by atoms with Crippen LogP contribution in [0.3, 0.4) is 0 Å². The molecule has 6 rings (SSSR count). The zero-order chi connectivity index (χ0) is 29.0. The number of hydrogen-bond acceptors (Lipinski definition) is 6. The van der Waals surface area contributed by atoms with Crippen molar-refractivity contribution in [2.24, 2.45) is 14.1 Å². The van der Waals surface area contributed by atoms with E-state index in [-0.39, 0.29) is 23.6 Å². The van der Waals surface area contributed by atoms with Gasteiger partial charge in [-0.25, -0.2) is 9.67 Å². The van der Waals surface area contributed by atoms with Gasteiger partial charge in [0.05, 0.1) is 29.8 Å². The number of carbonyl (C=O) groups is 1. The SMILES string of the molecule is CC(=O)N1CCC(n2ncc3c4c(C(C)Nc5ccc(Cl)nc5-c5cnn(C)c5)cc(C)cc4c(=O)n(C)c32)CC1. The van der Waals surface area contributed by atoms with Crippen molar-refractivity contribution >= 4 is 45.0 Å². The number of carbonyl (C=O) groups excluding carboxylic acids is 1. The Hall–Kier alpha value is -4.18. The molecule has 1 amide bonds. The van der Waals surface area contributed by atoms with Crippen molar-refractivity contribution in [3.63, 3.8) is 0 Å². The summed E-state index contributed by atoms with van der Waals surface area (Å²) in [7, 11) is 3.68. The van der Waals surface area contributed by atoms with Crippen LogP contribution in [0.5, 0.6) is 0 Å². The van der Waals surface area contributed by atoms with Gasteiger partial charge in [-0.15, -0.1) is 0 Å². The number of likely N-dealkylation sites (tertiary alicyclic amines) is 1. The average molecular weight is 573 g/mol. The second kappa shape index (κ2) is 10.3. The predicted octanol–water partition coefficient (Wildman–Crippen LogP) is 5.00. The first-order chi connectivity index (χ1) is 19.6. The van der Waals surface area contributed by atoms with Crippen molar-refractivity contribution in [3.05, 3.63) is 69.5 Å². The maximum Gasteiger partial charge on any atom is 0.259 e. The molecule has 0 aliphatic carbocycles. The molecule has 1 saturated heterocycles. The van der Waals surface area contributed by atoms with E-state index in [2.05, 4.69) is 28.4 Å². The highest BCUT2D eigenvalue weighted by Gasteiger charge is 2.27. The van der Waals surface area contributed by atoms with Crippen LogP contribution >= 0.6 is 11.6 Å².